The van der Waals surface area contributed by atoms with E-state index in [9.17, 15) is 14.4 Å². The molecular weight excluding hydrogens is 378 g/mol. The maximum absolute atomic E-state index is 12.5. The minimum atomic E-state index is -0.514. The minimum Gasteiger partial charge on any atom is -0.451 e. The number of carbonyl (C=O) groups excluding carboxylic acids is 3. The van der Waals surface area contributed by atoms with Gasteiger partial charge in [-0.05, 0) is 31.2 Å². The quantitative estimate of drug-likeness (QED) is 0.421. The summed E-state index contributed by atoms with van der Waals surface area (Å²) in [5.74, 6) is -0.602. The second-order valence-electron chi connectivity index (χ2n) is 6.42. The van der Waals surface area contributed by atoms with E-state index in [4.69, 9.17) is 9.52 Å². The molecule has 2 amide bonds. The van der Waals surface area contributed by atoms with Crippen LogP contribution in [0.25, 0.3) is 11.0 Å². The van der Waals surface area contributed by atoms with Crippen LogP contribution in [0.15, 0.2) is 34.9 Å². The summed E-state index contributed by atoms with van der Waals surface area (Å²) >= 11 is 0. The first-order valence-corrected chi connectivity index (χ1v) is 8.88. The van der Waals surface area contributed by atoms with Gasteiger partial charge in [0.05, 0.1) is 0 Å². The van der Waals surface area contributed by atoms with Gasteiger partial charge in [0.1, 0.15) is 18.1 Å². The van der Waals surface area contributed by atoms with Crippen LogP contribution in [-0.2, 0) is 11.8 Å². The summed E-state index contributed by atoms with van der Waals surface area (Å²) in [5, 5.41) is 17.6. The number of benzene rings is 1. The topological polar surface area (TPSA) is 138 Å². The van der Waals surface area contributed by atoms with E-state index < -0.39 is 11.8 Å². The van der Waals surface area contributed by atoms with Gasteiger partial charge in [-0.2, -0.15) is 0 Å². The lowest BCUT2D eigenvalue weighted by Gasteiger charge is -2.02. The van der Waals surface area contributed by atoms with E-state index >= 15 is 0 Å². The predicted octanol–water partition coefficient (Wildman–Crippen LogP) is 1.49. The maximum atomic E-state index is 12.5. The van der Waals surface area contributed by atoms with E-state index in [0.717, 1.165) is 0 Å². The van der Waals surface area contributed by atoms with Crippen LogP contribution in [0.4, 0.5) is 11.5 Å². The molecule has 0 spiro atoms. The van der Waals surface area contributed by atoms with Crippen molar-refractivity contribution in [3.05, 3.63) is 42.0 Å². The van der Waals surface area contributed by atoms with Gasteiger partial charge in [0, 0.05) is 37.3 Å². The van der Waals surface area contributed by atoms with Gasteiger partial charge in [-0.25, -0.2) is 4.98 Å². The summed E-state index contributed by atoms with van der Waals surface area (Å²) < 4.78 is 7.02. The molecule has 3 aromatic rings. The molecule has 0 unspecified atom stereocenters. The molecule has 2 heterocycles. The standard InChI is InChI=1S/C19H21N5O5/c1-11(26)5-6-20-19(28)17-22-16(9-24(17)2)23-18(27)15-8-12-7-13(21-10-25)3-4-14(12)29-15/h3-4,7-9,21,25H,5-6,10H2,1-2H3,(H,20,28)(H,23,27). The number of Topliss-reactive ketones (excluding diaryl/α,β-unsaturated/α-hetero) is 1. The smallest absolute Gasteiger partial charge is 0.292 e. The average Bonchev–Trinajstić information content (AvgIpc) is 3.24. The average molecular weight is 399 g/mol. The normalized spacial score (nSPS) is 10.7. The summed E-state index contributed by atoms with van der Waals surface area (Å²) in [6, 6.07) is 6.73. The lowest BCUT2D eigenvalue weighted by atomic mass is 10.2. The SMILES string of the molecule is CC(=O)CCNC(=O)c1nc(NC(=O)c2cc3cc(NCO)ccc3o2)cn1C. The third-order valence-electron chi connectivity index (χ3n) is 4.11. The second-order valence-corrected chi connectivity index (χ2v) is 6.42. The zero-order valence-corrected chi connectivity index (χ0v) is 16.0. The number of carbonyl (C=O) groups is 3. The molecule has 0 fully saturated rings. The number of hydrogen-bond donors (Lipinski definition) is 4. The number of aliphatic hydroxyl groups is 1. The van der Waals surface area contributed by atoms with Crippen LogP contribution >= 0.6 is 0 Å². The van der Waals surface area contributed by atoms with E-state index in [1.165, 1.54) is 17.7 Å². The van der Waals surface area contributed by atoms with Crippen molar-refractivity contribution in [3.8, 4) is 0 Å². The van der Waals surface area contributed by atoms with Gasteiger partial charge >= 0.3 is 0 Å². The van der Waals surface area contributed by atoms with Gasteiger partial charge in [-0.1, -0.05) is 0 Å². The fraction of sp³-hybridized carbons (Fsp3) is 0.263. The number of nitrogens with one attached hydrogen (secondary N) is 3. The van der Waals surface area contributed by atoms with Crippen LogP contribution in [0.5, 0.6) is 0 Å². The van der Waals surface area contributed by atoms with Crippen molar-refractivity contribution in [3.63, 3.8) is 0 Å². The Hall–Kier alpha value is -3.66. The number of anilines is 2. The number of ketones is 1. The van der Waals surface area contributed by atoms with Crippen molar-refractivity contribution in [1.82, 2.24) is 14.9 Å². The van der Waals surface area contributed by atoms with Crippen molar-refractivity contribution in [2.45, 2.75) is 13.3 Å². The van der Waals surface area contributed by atoms with Crippen molar-refractivity contribution < 1.29 is 23.9 Å². The Bertz CT molecular complexity index is 1070. The van der Waals surface area contributed by atoms with Crippen LogP contribution in [0.3, 0.4) is 0 Å². The fourth-order valence-electron chi connectivity index (χ4n) is 2.70. The molecule has 10 heteroatoms. The van der Waals surface area contributed by atoms with Crippen LogP contribution in [0.1, 0.15) is 34.5 Å². The molecule has 29 heavy (non-hydrogen) atoms. The maximum Gasteiger partial charge on any atom is 0.292 e. The summed E-state index contributed by atoms with van der Waals surface area (Å²) in [7, 11) is 1.62. The molecule has 0 aliphatic carbocycles. The van der Waals surface area contributed by atoms with Gasteiger partial charge in [0.15, 0.2) is 11.6 Å². The number of fused-ring (bicyclic) bond motifs is 1. The van der Waals surface area contributed by atoms with Crippen LogP contribution < -0.4 is 16.0 Å². The lowest BCUT2D eigenvalue weighted by molar-refractivity contribution is -0.116. The first-order chi connectivity index (χ1) is 13.9. The highest BCUT2D eigenvalue weighted by Crippen LogP contribution is 2.23. The molecule has 2 aromatic heterocycles. The van der Waals surface area contributed by atoms with Crippen molar-refractivity contribution in [1.29, 1.82) is 0 Å². The van der Waals surface area contributed by atoms with Crippen molar-refractivity contribution >= 4 is 40.1 Å². The third-order valence-corrected chi connectivity index (χ3v) is 4.11. The predicted molar refractivity (Wildman–Crippen MR) is 106 cm³/mol. The number of aryl methyl sites for hydroxylation is 1. The number of furan rings is 1. The zero-order valence-electron chi connectivity index (χ0n) is 16.0. The monoisotopic (exact) mass is 399 g/mol. The third kappa shape index (κ3) is 4.79. The molecule has 0 aliphatic rings. The van der Waals surface area contributed by atoms with E-state index in [-0.39, 0.29) is 42.9 Å². The van der Waals surface area contributed by atoms with Gasteiger partial charge in [-0.3, -0.25) is 14.4 Å². The number of amides is 2. The number of imidazole rings is 1. The van der Waals surface area contributed by atoms with E-state index in [2.05, 4.69) is 20.9 Å². The number of rotatable bonds is 8. The molecule has 0 aliphatic heterocycles. The van der Waals surface area contributed by atoms with Crippen LogP contribution in [0, 0.1) is 0 Å². The van der Waals surface area contributed by atoms with Gasteiger partial charge in [0.25, 0.3) is 11.8 Å². The Kier molecular flexibility index (Phi) is 5.93. The van der Waals surface area contributed by atoms with E-state index in [0.29, 0.717) is 16.7 Å². The molecule has 0 saturated heterocycles. The number of aromatic nitrogens is 2. The zero-order chi connectivity index (χ0) is 21.0. The molecule has 0 saturated carbocycles. The van der Waals surface area contributed by atoms with Gasteiger partial charge in [-0.15, -0.1) is 0 Å². The van der Waals surface area contributed by atoms with E-state index in [1.54, 1.807) is 31.3 Å². The summed E-state index contributed by atoms with van der Waals surface area (Å²) in [6.07, 6.45) is 1.74. The van der Waals surface area contributed by atoms with Crippen molar-refractivity contribution in [2.24, 2.45) is 7.05 Å². The Balaban J connectivity index is 1.70. The Labute approximate surface area is 165 Å². The lowest BCUT2D eigenvalue weighted by Crippen LogP contribution is -2.28. The molecule has 3 rings (SSSR count). The first kappa shape index (κ1) is 20.1. The number of aliphatic hydroxyl groups excluding tert-OH is 1. The minimum absolute atomic E-state index is 0.0248. The Morgan fingerprint density at radius 1 is 1.21 bits per heavy atom. The highest BCUT2D eigenvalue weighted by Gasteiger charge is 2.18. The largest absolute Gasteiger partial charge is 0.451 e. The first-order valence-electron chi connectivity index (χ1n) is 8.88. The molecule has 0 bridgehead atoms. The summed E-state index contributed by atoms with van der Waals surface area (Å²) in [5.41, 5.74) is 1.21. The number of hydrogen-bond acceptors (Lipinski definition) is 7. The van der Waals surface area contributed by atoms with Crippen LogP contribution in [-0.4, -0.2) is 45.5 Å². The molecule has 10 nitrogen and oxygen atoms in total. The fourth-order valence-corrected chi connectivity index (χ4v) is 2.70. The highest BCUT2D eigenvalue weighted by atomic mass is 16.3. The summed E-state index contributed by atoms with van der Waals surface area (Å²) in [4.78, 5) is 39.7. The second kappa shape index (κ2) is 8.57. The Morgan fingerprint density at radius 3 is 2.72 bits per heavy atom. The van der Waals surface area contributed by atoms with Gasteiger partial charge in [0.2, 0.25) is 5.82 Å². The molecule has 0 radical (unpaired) electrons. The Morgan fingerprint density at radius 2 is 2.00 bits per heavy atom. The van der Waals surface area contributed by atoms with E-state index in [1.807, 2.05) is 0 Å². The number of nitrogens with zero attached hydrogens (tertiary/aromatic N) is 2. The highest BCUT2D eigenvalue weighted by molar-refractivity contribution is 6.04. The van der Waals surface area contributed by atoms with Crippen LogP contribution in [0.2, 0.25) is 0 Å². The van der Waals surface area contributed by atoms with Gasteiger partial charge < -0.3 is 30.0 Å². The molecule has 4 N–H and O–H groups in total. The molecular formula is C19H21N5O5. The summed E-state index contributed by atoms with van der Waals surface area (Å²) in [6.45, 7) is 1.46. The molecule has 0 atom stereocenters. The molecule has 152 valence electrons. The molecule has 1 aromatic carbocycles. The van der Waals surface area contributed by atoms with Crippen molar-refractivity contribution in [2.75, 3.05) is 23.9 Å².